The van der Waals surface area contributed by atoms with Crippen LogP contribution in [0.25, 0.3) is 11.5 Å². The van der Waals surface area contributed by atoms with Crippen molar-refractivity contribution in [2.75, 3.05) is 12.4 Å². The van der Waals surface area contributed by atoms with Crippen LogP contribution in [0.5, 0.6) is 5.75 Å². The fourth-order valence-corrected chi connectivity index (χ4v) is 3.14. The van der Waals surface area contributed by atoms with Gasteiger partial charge in [0.1, 0.15) is 5.75 Å². The average molecular weight is 404 g/mol. The Labute approximate surface area is 166 Å². The molecule has 2 aromatic carbocycles. The van der Waals surface area contributed by atoms with Crippen molar-refractivity contribution < 1.29 is 13.9 Å². The van der Waals surface area contributed by atoms with Crippen LogP contribution in [0.2, 0.25) is 5.02 Å². The molecule has 0 aliphatic carbocycles. The number of ether oxygens (including phenoxy) is 1. The zero-order valence-corrected chi connectivity index (χ0v) is 16.6. The molecule has 0 saturated heterocycles. The van der Waals surface area contributed by atoms with Crippen LogP contribution in [0.4, 0.5) is 5.69 Å². The van der Waals surface area contributed by atoms with Crippen LogP contribution in [0.1, 0.15) is 12.5 Å². The first-order chi connectivity index (χ1) is 13.0. The molecule has 140 valence electrons. The van der Waals surface area contributed by atoms with Gasteiger partial charge >= 0.3 is 0 Å². The van der Waals surface area contributed by atoms with E-state index in [9.17, 15) is 4.79 Å². The van der Waals surface area contributed by atoms with E-state index >= 15 is 0 Å². The number of nitrogens with one attached hydrogen (secondary N) is 1. The number of aryl methyl sites for hydroxylation is 1. The molecule has 0 radical (unpaired) electrons. The predicted molar refractivity (Wildman–Crippen MR) is 106 cm³/mol. The summed E-state index contributed by atoms with van der Waals surface area (Å²) in [7, 11) is 1.53. The van der Waals surface area contributed by atoms with E-state index in [-0.39, 0.29) is 5.91 Å². The van der Waals surface area contributed by atoms with E-state index in [4.69, 9.17) is 20.8 Å². The minimum absolute atomic E-state index is 0.226. The highest BCUT2D eigenvalue weighted by atomic mass is 35.5. The number of carbonyl (C=O) groups is 1. The first-order valence-corrected chi connectivity index (χ1v) is 9.43. The highest BCUT2D eigenvalue weighted by Gasteiger charge is 2.20. The van der Waals surface area contributed by atoms with Gasteiger partial charge in [-0.1, -0.05) is 41.1 Å². The maximum atomic E-state index is 12.5. The number of nitrogens with zero attached hydrogens (tertiary/aromatic N) is 2. The van der Waals surface area contributed by atoms with E-state index < -0.39 is 5.25 Å². The molecule has 0 spiro atoms. The summed E-state index contributed by atoms with van der Waals surface area (Å²) in [6, 6.07) is 12.8. The molecule has 1 N–H and O–H groups in total. The Morgan fingerprint density at radius 3 is 2.67 bits per heavy atom. The lowest BCUT2D eigenvalue weighted by atomic mass is 10.1. The van der Waals surface area contributed by atoms with Crippen LogP contribution in [0.3, 0.4) is 0 Å². The van der Waals surface area contributed by atoms with Gasteiger partial charge < -0.3 is 14.5 Å². The topological polar surface area (TPSA) is 77.2 Å². The molecule has 0 aliphatic rings. The number of rotatable bonds is 6. The molecule has 1 heterocycles. The monoisotopic (exact) mass is 403 g/mol. The van der Waals surface area contributed by atoms with Crippen LogP contribution in [0, 0.1) is 6.92 Å². The van der Waals surface area contributed by atoms with E-state index in [1.807, 2.05) is 31.2 Å². The zero-order valence-electron chi connectivity index (χ0n) is 15.0. The van der Waals surface area contributed by atoms with Crippen LogP contribution >= 0.6 is 23.4 Å². The number of amides is 1. The van der Waals surface area contributed by atoms with Crippen molar-refractivity contribution in [3.63, 3.8) is 0 Å². The highest BCUT2D eigenvalue weighted by molar-refractivity contribution is 8.00. The van der Waals surface area contributed by atoms with Gasteiger partial charge in [-0.05, 0) is 44.2 Å². The Morgan fingerprint density at radius 1 is 1.22 bits per heavy atom. The number of halogens is 1. The third kappa shape index (κ3) is 4.81. The van der Waals surface area contributed by atoms with Gasteiger partial charge in [-0.25, -0.2) is 0 Å². The largest absolute Gasteiger partial charge is 0.495 e. The summed E-state index contributed by atoms with van der Waals surface area (Å²) in [4.78, 5) is 12.5. The second-order valence-electron chi connectivity index (χ2n) is 5.83. The summed E-state index contributed by atoms with van der Waals surface area (Å²) in [6.45, 7) is 3.76. The number of benzene rings is 2. The lowest BCUT2D eigenvalue weighted by Crippen LogP contribution is -2.22. The molecule has 3 aromatic rings. The van der Waals surface area contributed by atoms with Crippen LogP contribution < -0.4 is 10.1 Å². The average Bonchev–Trinajstić information content (AvgIpc) is 3.11. The molecule has 0 unspecified atom stereocenters. The first kappa shape index (κ1) is 19.3. The maximum Gasteiger partial charge on any atom is 0.277 e. The summed E-state index contributed by atoms with van der Waals surface area (Å²) in [5.74, 6) is 0.724. The van der Waals surface area contributed by atoms with Gasteiger partial charge in [0, 0.05) is 10.6 Å². The molecule has 0 saturated carbocycles. The molecule has 1 aromatic heterocycles. The van der Waals surface area contributed by atoms with Crippen molar-refractivity contribution >= 4 is 35.0 Å². The van der Waals surface area contributed by atoms with Gasteiger partial charge in [0.05, 0.1) is 18.0 Å². The van der Waals surface area contributed by atoms with Gasteiger partial charge in [-0.15, -0.1) is 10.2 Å². The number of anilines is 1. The molecule has 3 rings (SSSR count). The number of methoxy groups -OCH3 is 1. The highest BCUT2D eigenvalue weighted by Crippen LogP contribution is 2.30. The number of carbonyl (C=O) groups excluding carboxylic acids is 1. The number of hydrogen-bond acceptors (Lipinski definition) is 6. The second kappa shape index (κ2) is 8.45. The quantitative estimate of drug-likeness (QED) is 0.594. The maximum absolute atomic E-state index is 12.5. The number of aromatic nitrogens is 2. The third-order valence-corrected chi connectivity index (χ3v) is 4.94. The summed E-state index contributed by atoms with van der Waals surface area (Å²) in [5, 5.41) is 11.2. The van der Waals surface area contributed by atoms with Crippen molar-refractivity contribution in [1.82, 2.24) is 10.2 Å². The van der Waals surface area contributed by atoms with E-state index in [0.29, 0.717) is 27.6 Å². The molecule has 0 fully saturated rings. The van der Waals surface area contributed by atoms with E-state index in [1.54, 1.807) is 25.1 Å². The Morgan fingerprint density at radius 2 is 1.96 bits per heavy atom. The van der Waals surface area contributed by atoms with Crippen molar-refractivity contribution in [2.24, 2.45) is 0 Å². The molecule has 6 nitrogen and oxygen atoms in total. The SMILES string of the molecule is COc1ccc(Cl)cc1NC(=O)[C@@H](C)Sc1nnc(-c2ccc(C)cc2)o1. The second-order valence-corrected chi connectivity index (χ2v) is 7.56. The molecule has 0 bridgehead atoms. The molecular weight excluding hydrogens is 386 g/mol. The van der Waals surface area contributed by atoms with Crippen molar-refractivity contribution in [1.29, 1.82) is 0 Å². The summed E-state index contributed by atoms with van der Waals surface area (Å²) >= 11 is 7.17. The lowest BCUT2D eigenvalue weighted by molar-refractivity contribution is -0.115. The molecule has 1 atom stereocenters. The standard InChI is InChI=1S/C19H18ClN3O3S/c1-11-4-6-13(7-5-11)18-22-23-19(26-18)27-12(2)17(24)21-15-10-14(20)8-9-16(15)25-3/h4-10,12H,1-3H3,(H,21,24)/t12-/m1/s1. The lowest BCUT2D eigenvalue weighted by Gasteiger charge is -2.13. The van der Waals surface area contributed by atoms with Crippen molar-refractivity contribution in [3.05, 3.63) is 53.1 Å². The smallest absolute Gasteiger partial charge is 0.277 e. The van der Waals surface area contributed by atoms with Gasteiger partial charge in [0.15, 0.2) is 0 Å². The molecule has 27 heavy (non-hydrogen) atoms. The number of thioether (sulfide) groups is 1. The minimum Gasteiger partial charge on any atom is -0.495 e. The fraction of sp³-hybridized carbons (Fsp3) is 0.211. The van der Waals surface area contributed by atoms with E-state index in [2.05, 4.69) is 15.5 Å². The Balaban J connectivity index is 1.67. The Kier molecular flexibility index (Phi) is 6.03. The molecule has 0 aliphatic heterocycles. The summed E-state index contributed by atoms with van der Waals surface area (Å²) in [5.41, 5.74) is 2.49. The third-order valence-electron chi connectivity index (χ3n) is 3.77. The van der Waals surface area contributed by atoms with E-state index in [0.717, 1.165) is 11.1 Å². The van der Waals surface area contributed by atoms with E-state index in [1.165, 1.54) is 18.9 Å². The molecule has 8 heteroatoms. The normalized spacial score (nSPS) is 11.9. The number of hydrogen-bond donors (Lipinski definition) is 1. The zero-order chi connectivity index (χ0) is 19.4. The van der Waals surface area contributed by atoms with Crippen molar-refractivity contribution in [2.45, 2.75) is 24.3 Å². The Bertz CT molecular complexity index is 944. The molecular formula is C19H18ClN3O3S. The summed E-state index contributed by atoms with van der Waals surface area (Å²) in [6.07, 6.45) is 0. The van der Waals surface area contributed by atoms with Crippen molar-refractivity contribution in [3.8, 4) is 17.2 Å². The summed E-state index contributed by atoms with van der Waals surface area (Å²) < 4.78 is 10.9. The van der Waals surface area contributed by atoms with Gasteiger partial charge in [0.25, 0.3) is 5.22 Å². The predicted octanol–water partition coefficient (Wildman–Crippen LogP) is 4.83. The van der Waals surface area contributed by atoms with Gasteiger partial charge in [-0.3, -0.25) is 4.79 Å². The van der Waals surface area contributed by atoms with Gasteiger partial charge in [0.2, 0.25) is 11.8 Å². The van der Waals surface area contributed by atoms with Crippen LogP contribution in [-0.2, 0) is 4.79 Å². The van der Waals surface area contributed by atoms with Crippen LogP contribution in [0.15, 0.2) is 52.1 Å². The van der Waals surface area contributed by atoms with Crippen LogP contribution in [-0.4, -0.2) is 28.5 Å². The minimum atomic E-state index is -0.458. The first-order valence-electron chi connectivity index (χ1n) is 8.18. The van der Waals surface area contributed by atoms with Gasteiger partial charge in [-0.2, -0.15) is 0 Å². The Hall–Kier alpha value is -2.51. The molecule has 1 amide bonds. The fourth-order valence-electron chi connectivity index (χ4n) is 2.29.